The van der Waals surface area contributed by atoms with Gasteiger partial charge >= 0.3 is 12.2 Å². The minimum atomic E-state index is -0.980. The van der Waals surface area contributed by atoms with E-state index in [1.807, 2.05) is 0 Å². The molecule has 0 radical (unpaired) electrons. The van der Waals surface area contributed by atoms with Crippen molar-refractivity contribution in [3.8, 4) is 0 Å². The third-order valence-electron chi connectivity index (χ3n) is 4.46. The molecule has 11 nitrogen and oxygen atoms in total. The van der Waals surface area contributed by atoms with Gasteiger partial charge in [0.05, 0.1) is 12.7 Å². The summed E-state index contributed by atoms with van der Waals surface area (Å²) in [6.45, 7) is 10.1. The largest absolute Gasteiger partial charge is 0.443 e. The Morgan fingerprint density at radius 1 is 0.969 bits per heavy atom. The van der Waals surface area contributed by atoms with Crippen molar-refractivity contribution < 1.29 is 43.7 Å². The van der Waals surface area contributed by atoms with Crippen LogP contribution in [0.15, 0.2) is 0 Å². The lowest BCUT2D eigenvalue weighted by Gasteiger charge is -2.23. The molecule has 2 aliphatic rings. The van der Waals surface area contributed by atoms with E-state index in [1.165, 1.54) is 0 Å². The summed E-state index contributed by atoms with van der Waals surface area (Å²) in [6.07, 6.45) is -1.50. The van der Waals surface area contributed by atoms with Crippen molar-refractivity contribution in [2.45, 2.75) is 71.7 Å². The third kappa shape index (κ3) is 8.54. The Kier molecular flexibility index (Phi) is 9.34. The number of aliphatic hydroxyl groups excluding tert-OH is 2. The molecule has 4 amide bonds. The van der Waals surface area contributed by atoms with Gasteiger partial charge in [-0.05, 0) is 41.5 Å². The van der Waals surface area contributed by atoms with Crippen LogP contribution < -0.4 is 0 Å². The average Bonchev–Trinajstić information content (AvgIpc) is 3.21. The first kappa shape index (κ1) is 27.5. The van der Waals surface area contributed by atoms with Crippen LogP contribution in [0.1, 0.15) is 54.4 Å². The summed E-state index contributed by atoms with van der Waals surface area (Å²) in [5.41, 5.74) is -1.29. The normalized spacial score (nSPS) is 22.2. The van der Waals surface area contributed by atoms with Crippen molar-refractivity contribution >= 4 is 30.3 Å². The summed E-state index contributed by atoms with van der Waals surface area (Å²) in [4.78, 5) is 58.5. The Labute approximate surface area is 187 Å². The molecule has 2 fully saturated rings. The molecule has 0 aromatic carbocycles. The number of likely N-dealkylation sites (tertiary alicyclic amines) is 2. The maximum atomic E-state index is 11.7. The number of amides is 4. The molecule has 2 heterocycles. The highest BCUT2D eigenvalue weighted by molar-refractivity contribution is 5.95. The standard InChI is InChI=1S/C11H19NO5.C10H15NO4/c1-11(2,3)17-10(16)12-5-7(4-9(12)15)8(14)6-13;1-10(2,3)15-9(14)11-5-7(6-12)4-8(11)13/h7-8,13-14H,4-6H2,1-3H3;6-7H,4-5H2,1-3H3/t7-,8+;7-/m00/s1. The number of rotatable bonds is 3. The summed E-state index contributed by atoms with van der Waals surface area (Å²) in [6, 6.07) is 0. The van der Waals surface area contributed by atoms with Crippen molar-refractivity contribution in [2.24, 2.45) is 11.8 Å². The van der Waals surface area contributed by atoms with E-state index in [4.69, 9.17) is 14.6 Å². The molecule has 0 bridgehead atoms. The van der Waals surface area contributed by atoms with Crippen molar-refractivity contribution in [3.05, 3.63) is 0 Å². The molecule has 2 saturated heterocycles. The van der Waals surface area contributed by atoms with Crippen LogP contribution in [0.25, 0.3) is 0 Å². The van der Waals surface area contributed by atoms with Crippen molar-refractivity contribution in [3.63, 3.8) is 0 Å². The van der Waals surface area contributed by atoms with Gasteiger partial charge in [-0.3, -0.25) is 9.59 Å². The fourth-order valence-electron chi connectivity index (χ4n) is 2.96. The van der Waals surface area contributed by atoms with Crippen LogP contribution in [-0.4, -0.2) is 87.3 Å². The van der Waals surface area contributed by atoms with Crippen LogP contribution in [0, 0.1) is 11.8 Å². The van der Waals surface area contributed by atoms with Crippen LogP contribution in [0.3, 0.4) is 0 Å². The predicted octanol–water partition coefficient (Wildman–Crippen LogP) is 1.09. The van der Waals surface area contributed by atoms with E-state index in [1.54, 1.807) is 41.5 Å². The van der Waals surface area contributed by atoms with Gasteiger partial charge < -0.3 is 24.5 Å². The first-order valence-corrected chi connectivity index (χ1v) is 10.4. The van der Waals surface area contributed by atoms with Crippen LogP contribution in [0.4, 0.5) is 9.59 Å². The highest BCUT2D eigenvalue weighted by atomic mass is 16.6. The molecule has 11 heteroatoms. The molecule has 32 heavy (non-hydrogen) atoms. The minimum absolute atomic E-state index is 0.0565. The van der Waals surface area contributed by atoms with Gasteiger partial charge in [0.1, 0.15) is 17.5 Å². The second-order valence-corrected chi connectivity index (χ2v) is 9.78. The molecular formula is C21H34N2O9. The molecule has 0 spiro atoms. The van der Waals surface area contributed by atoms with Gasteiger partial charge in [-0.25, -0.2) is 19.4 Å². The summed E-state index contributed by atoms with van der Waals surface area (Å²) < 4.78 is 10.1. The second-order valence-electron chi connectivity index (χ2n) is 9.78. The smallest absolute Gasteiger partial charge is 0.417 e. The van der Waals surface area contributed by atoms with E-state index in [-0.39, 0.29) is 43.7 Å². The van der Waals surface area contributed by atoms with E-state index in [0.717, 1.165) is 9.80 Å². The van der Waals surface area contributed by atoms with Crippen molar-refractivity contribution in [1.29, 1.82) is 0 Å². The molecule has 0 aliphatic carbocycles. The Balaban J connectivity index is 0.000000323. The van der Waals surface area contributed by atoms with Gasteiger partial charge in [-0.15, -0.1) is 0 Å². The number of hydrogen-bond donors (Lipinski definition) is 2. The monoisotopic (exact) mass is 458 g/mol. The number of aliphatic hydroxyl groups is 2. The van der Waals surface area contributed by atoms with Crippen LogP contribution >= 0.6 is 0 Å². The number of hydrogen-bond acceptors (Lipinski definition) is 9. The molecule has 182 valence electrons. The number of nitrogens with zero attached hydrogens (tertiary/aromatic N) is 2. The lowest BCUT2D eigenvalue weighted by molar-refractivity contribution is -0.128. The number of carbonyl (C=O) groups is 5. The van der Waals surface area contributed by atoms with Crippen LogP contribution in [-0.2, 0) is 23.9 Å². The molecule has 0 saturated carbocycles. The predicted molar refractivity (Wildman–Crippen MR) is 111 cm³/mol. The van der Waals surface area contributed by atoms with E-state index < -0.39 is 42.0 Å². The number of ether oxygens (including phenoxy) is 2. The van der Waals surface area contributed by atoms with E-state index in [0.29, 0.717) is 6.29 Å². The summed E-state index contributed by atoms with van der Waals surface area (Å²) in [5, 5.41) is 18.2. The van der Waals surface area contributed by atoms with Gasteiger partial charge in [-0.1, -0.05) is 0 Å². The topological polar surface area (TPSA) is 151 Å². The Bertz CT molecular complexity index is 724. The number of carbonyl (C=O) groups excluding carboxylic acids is 5. The molecule has 2 rings (SSSR count). The molecule has 2 N–H and O–H groups in total. The summed E-state index contributed by atoms with van der Waals surface area (Å²) in [7, 11) is 0. The number of imide groups is 2. The zero-order valence-corrected chi connectivity index (χ0v) is 19.5. The van der Waals surface area contributed by atoms with Gasteiger partial charge in [0, 0.05) is 37.8 Å². The fraction of sp³-hybridized carbons (Fsp3) is 0.762. The van der Waals surface area contributed by atoms with Crippen LogP contribution in [0.2, 0.25) is 0 Å². The Morgan fingerprint density at radius 3 is 1.78 bits per heavy atom. The second kappa shape index (κ2) is 10.9. The first-order valence-electron chi connectivity index (χ1n) is 10.4. The molecule has 0 aromatic rings. The van der Waals surface area contributed by atoms with Gasteiger partial charge in [0.2, 0.25) is 11.8 Å². The maximum absolute atomic E-state index is 11.7. The zero-order chi connectivity index (χ0) is 24.9. The van der Waals surface area contributed by atoms with Gasteiger partial charge in [0.25, 0.3) is 0 Å². The highest BCUT2D eigenvalue weighted by Gasteiger charge is 2.39. The quantitative estimate of drug-likeness (QED) is 0.592. The third-order valence-corrected chi connectivity index (χ3v) is 4.46. The number of aldehydes is 1. The first-order chi connectivity index (χ1) is 14.6. The van der Waals surface area contributed by atoms with Gasteiger partial charge in [0.15, 0.2) is 0 Å². The molecule has 0 unspecified atom stereocenters. The van der Waals surface area contributed by atoms with Crippen molar-refractivity contribution in [1.82, 2.24) is 9.80 Å². The average molecular weight is 459 g/mol. The van der Waals surface area contributed by atoms with E-state index in [9.17, 15) is 29.1 Å². The fourth-order valence-corrected chi connectivity index (χ4v) is 2.96. The van der Waals surface area contributed by atoms with Gasteiger partial charge in [-0.2, -0.15) is 0 Å². The maximum Gasteiger partial charge on any atom is 0.417 e. The van der Waals surface area contributed by atoms with Crippen molar-refractivity contribution in [2.75, 3.05) is 19.7 Å². The molecule has 3 atom stereocenters. The zero-order valence-electron chi connectivity index (χ0n) is 19.5. The minimum Gasteiger partial charge on any atom is -0.443 e. The SMILES string of the molecule is CC(C)(C)OC(=O)N1C[C@@H](C=O)CC1=O.CC(C)(C)OC(=O)N1C[C@@H]([C@H](O)CO)CC1=O. The summed E-state index contributed by atoms with van der Waals surface area (Å²) >= 11 is 0. The lowest BCUT2D eigenvalue weighted by Crippen LogP contribution is -2.38. The highest BCUT2D eigenvalue weighted by Crippen LogP contribution is 2.23. The molecular weight excluding hydrogens is 424 g/mol. The molecule has 2 aliphatic heterocycles. The van der Waals surface area contributed by atoms with E-state index >= 15 is 0 Å². The Morgan fingerprint density at radius 2 is 1.41 bits per heavy atom. The summed E-state index contributed by atoms with van der Waals surface area (Å²) in [5.74, 6) is -1.52. The Hall–Kier alpha value is -2.53. The van der Waals surface area contributed by atoms with E-state index in [2.05, 4.69) is 0 Å². The molecule has 0 aromatic heterocycles. The van der Waals surface area contributed by atoms with Crippen LogP contribution in [0.5, 0.6) is 0 Å². The lowest BCUT2D eigenvalue weighted by atomic mass is 10.0.